The molecule has 1 fully saturated rings. The number of halogens is 1. The van der Waals surface area contributed by atoms with Crippen LogP contribution in [0.1, 0.15) is 26.7 Å². The molecule has 0 aromatic rings. The first-order valence-corrected chi connectivity index (χ1v) is 11.0. The molecule has 2 aliphatic rings. The summed E-state index contributed by atoms with van der Waals surface area (Å²) in [6.07, 6.45) is 0.804. The molecule has 2 rings (SSSR count). The van der Waals surface area contributed by atoms with Gasteiger partial charge in [0.15, 0.2) is 0 Å². The molecule has 9 heteroatoms. The number of hydrogen-bond donors (Lipinski definition) is 4. The molecule has 0 spiro atoms. The highest BCUT2D eigenvalue weighted by molar-refractivity contribution is 7.99. The summed E-state index contributed by atoms with van der Waals surface area (Å²) in [6.45, 7) is 4.54. The number of hydrogen-bond acceptors (Lipinski definition) is 7. The summed E-state index contributed by atoms with van der Waals surface area (Å²) in [5.41, 5.74) is 0.513. The van der Waals surface area contributed by atoms with Crippen LogP contribution in [0, 0.1) is 0 Å². The maximum atomic E-state index is 12.9. The molecular formula is C18H31ClN2O5S. The second kappa shape index (κ2) is 9.91. The first-order chi connectivity index (χ1) is 12.7. The zero-order valence-electron chi connectivity index (χ0n) is 16.2. The smallest absolute Gasteiger partial charge is 0.241 e. The molecule has 0 aliphatic carbocycles. The molecule has 1 amide bonds. The Kier molecular flexibility index (Phi) is 8.42. The van der Waals surface area contributed by atoms with Gasteiger partial charge < -0.3 is 25.4 Å². The number of carbonyl (C=O) groups excluding carboxylic acids is 1. The van der Waals surface area contributed by atoms with E-state index in [2.05, 4.69) is 12.2 Å². The molecular weight excluding hydrogens is 392 g/mol. The van der Waals surface area contributed by atoms with E-state index in [1.54, 1.807) is 13.2 Å². The Hall–Kier alpha value is -0.350. The Bertz CT molecular complexity index is 548. The van der Waals surface area contributed by atoms with Crippen molar-refractivity contribution in [2.24, 2.45) is 0 Å². The summed E-state index contributed by atoms with van der Waals surface area (Å²) in [5, 5.41) is 32.9. The number of alkyl halides is 1. The van der Waals surface area contributed by atoms with Crippen molar-refractivity contribution in [2.45, 2.75) is 74.0 Å². The number of aliphatic hydroxyl groups excluding tert-OH is 3. The maximum Gasteiger partial charge on any atom is 0.241 e. The first-order valence-electron chi connectivity index (χ1n) is 9.27. The fraction of sp³-hybridized carbons (Fsp3) is 0.833. The van der Waals surface area contributed by atoms with Crippen molar-refractivity contribution in [3.8, 4) is 0 Å². The van der Waals surface area contributed by atoms with Crippen LogP contribution in [-0.2, 0) is 9.53 Å². The molecule has 27 heavy (non-hydrogen) atoms. The van der Waals surface area contributed by atoms with Crippen LogP contribution in [0.15, 0.2) is 11.6 Å². The van der Waals surface area contributed by atoms with Crippen molar-refractivity contribution in [2.75, 3.05) is 19.8 Å². The number of nitrogens with zero attached hydrogens (tertiary/aromatic N) is 1. The molecule has 0 saturated carbocycles. The van der Waals surface area contributed by atoms with Gasteiger partial charge in [0.2, 0.25) is 5.91 Å². The van der Waals surface area contributed by atoms with Crippen LogP contribution in [0.25, 0.3) is 0 Å². The zero-order chi connectivity index (χ0) is 20.3. The highest BCUT2D eigenvalue weighted by Gasteiger charge is 2.48. The molecule has 0 aromatic carbocycles. The second-order valence-electron chi connectivity index (χ2n) is 7.32. The van der Waals surface area contributed by atoms with Crippen LogP contribution < -0.4 is 5.32 Å². The summed E-state index contributed by atoms with van der Waals surface area (Å²) in [5.74, 6) is -0.224. The van der Waals surface area contributed by atoms with Gasteiger partial charge in [0.25, 0.3) is 0 Å². The van der Waals surface area contributed by atoms with Crippen molar-refractivity contribution in [3.63, 3.8) is 0 Å². The average Bonchev–Trinajstić information content (AvgIpc) is 2.99. The standard InChI is InChI=1S/C18H31ClN2O5S/c1-5-6-10-7-11(21(3)8-10)17(25)20-12(9(2)19)16-14(23)13(22)15(24)18(26-16)27-4/h7,9,11-16,18,22-24H,5-6,8H2,1-4H3,(H,20,25)/t9?,11?,12?,13-,14-,15?,16?,18-/m1/s1. The van der Waals surface area contributed by atoms with E-state index in [0.29, 0.717) is 0 Å². The Labute approximate surface area is 170 Å². The summed E-state index contributed by atoms with van der Waals surface area (Å²) < 4.78 is 5.78. The van der Waals surface area contributed by atoms with Gasteiger partial charge in [-0.15, -0.1) is 23.4 Å². The van der Waals surface area contributed by atoms with Gasteiger partial charge >= 0.3 is 0 Å². The van der Waals surface area contributed by atoms with Crippen molar-refractivity contribution in [1.29, 1.82) is 0 Å². The van der Waals surface area contributed by atoms with Crippen molar-refractivity contribution in [1.82, 2.24) is 10.2 Å². The molecule has 5 unspecified atom stereocenters. The van der Waals surface area contributed by atoms with Crippen molar-refractivity contribution >= 4 is 29.3 Å². The Morgan fingerprint density at radius 2 is 2.07 bits per heavy atom. The number of likely N-dealkylation sites (N-methyl/N-ethyl adjacent to an activating group) is 1. The topological polar surface area (TPSA) is 102 Å². The lowest BCUT2D eigenvalue weighted by Gasteiger charge is -2.44. The molecule has 7 nitrogen and oxygen atoms in total. The fourth-order valence-electron chi connectivity index (χ4n) is 3.65. The van der Waals surface area contributed by atoms with Crippen LogP contribution >= 0.6 is 23.4 Å². The molecule has 156 valence electrons. The third-order valence-corrected chi connectivity index (χ3v) is 6.28. The van der Waals surface area contributed by atoms with Gasteiger partial charge in [-0.2, -0.15) is 0 Å². The fourth-order valence-corrected chi connectivity index (χ4v) is 4.54. The summed E-state index contributed by atoms with van der Waals surface area (Å²) in [4.78, 5) is 14.8. The minimum atomic E-state index is -1.37. The van der Waals surface area contributed by atoms with Crippen LogP contribution in [0.2, 0.25) is 0 Å². The van der Waals surface area contributed by atoms with E-state index in [-0.39, 0.29) is 5.91 Å². The lowest BCUT2D eigenvalue weighted by atomic mass is 9.93. The lowest BCUT2D eigenvalue weighted by Crippen LogP contribution is -2.65. The molecule has 2 aliphatic heterocycles. The Morgan fingerprint density at radius 1 is 1.41 bits per heavy atom. The maximum absolute atomic E-state index is 12.9. The van der Waals surface area contributed by atoms with Crippen molar-refractivity contribution < 1.29 is 24.9 Å². The van der Waals surface area contributed by atoms with Crippen LogP contribution in [0.3, 0.4) is 0 Å². The van der Waals surface area contributed by atoms with Gasteiger partial charge in [-0.25, -0.2) is 0 Å². The number of nitrogens with one attached hydrogen (secondary N) is 1. The molecule has 2 heterocycles. The SMILES string of the molecule is CCCC1=CC(C(=O)NC(C(C)Cl)C2O[C@H](SC)C(O)[C@H](O)[C@H]2O)N(C)C1. The van der Waals surface area contributed by atoms with Crippen LogP contribution in [0.5, 0.6) is 0 Å². The van der Waals surface area contributed by atoms with Gasteiger partial charge in [0.1, 0.15) is 35.9 Å². The third kappa shape index (κ3) is 5.18. The number of rotatable bonds is 7. The third-order valence-electron chi connectivity index (χ3n) is 5.16. The summed E-state index contributed by atoms with van der Waals surface area (Å²) >= 11 is 7.52. The minimum absolute atomic E-state index is 0.224. The molecule has 1 saturated heterocycles. The minimum Gasteiger partial charge on any atom is -0.388 e. The predicted octanol–water partition coefficient (Wildman–Crippen LogP) is 0.310. The largest absolute Gasteiger partial charge is 0.388 e. The van der Waals surface area contributed by atoms with E-state index < -0.39 is 47.3 Å². The molecule has 8 atom stereocenters. The van der Waals surface area contributed by atoms with Crippen molar-refractivity contribution in [3.05, 3.63) is 11.6 Å². The van der Waals surface area contributed by atoms with Gasteiger partial charge in [0.05, 0.1) is 11.4 Å². The number of thioether (sulfide) groups is 1. The van der Waals surface area contributed by atoms with E-state index >= 15 is 0 Å². The highest BCUT2D eigenvalue weighted by atomic mass is 35.5. The number of aliphatic hydroxyl groups is 3. The van der Waals surface area contributed by atoms with E-state index in [1.165, 1.54) is 17.3 Å². The van der Waals surface area contributed by atoms with Gasteiger partial charge in [-0.3, -0.25) is 9.69 Å². The van der Waals surface area contributed by atoms with Gasteiger partial charge in [0, 0.05) is 6.54 Å². The lowest BCUT2D eigenvalue weighted by molar-refractivity contribution is -0.205. The van der Waals surface area contributed by atoms with E-state index in [0.717, 1.165) is 19.4 Å². The van der Waals surface area contributed by atoms with E-state index in [1.807, 2.05) is 18.0 Å². The Morgan fingerprint density at radius 3 is 2.63 bits per heavy atom. The average molecular weight is 423 g/mol. The summed E-state index contributed by atoms with van der Waals surface area (Å²) in [6, 6.07) is -1.12. The summed E-state index contributed by atoms with van der Waals surface area (Å²) in [7, 11) is 1.89. The van der Waals surface area contributed by atoms with Crippen LogP contribution in [0.4, 0.5) is 0 Å². The monoisotopic (exact) mass is 422 g/mol. The number of amides is 1. The number of ether oxygens (including phenoxy) is 1. The molecule has 0 radical (unpaired) electrons. The van der Waals surface area contributed by atoms with Gasteiger partial charge in [-0.1, -0.05) is 25.0 Å². The van der Waals surface area contributed by atoms with Crippen LogP contribution in [-0.4, -0.2) is 93.3 Å². The predicted molar refractivity (Wildman–Crippen MR) is 107 cm³/mol. The first kappa shape index (κ1) is 22.9. The zero-order valence-corrected chi connectivity index (χ0v) is 17.8. The highest BCUT2D eigenvalue weighted by Crippen LogP contribution is 2.30. The van der Waals surface area contributed by atoms with E-state index in [4.69, 9.17) is 16.3 Å². The molecule has 0 aromatic heterocycles. The van der Waals surface area contributed by atoms with Gasteiger partial charge in [-0.05, 0) is 26.6 Å². The van der Waals surface area contributed by atoms with E-state index in [9.17, 15) is 20.1 Å². The molecule has 0 bridgehead atoms. The Balaban J connectivity index is 2.14. The molecule has 4 N–H and O–H groups in total. The number of carbonyl (C=O) groups is 1. The normalized spacial score (nSPS) is 37.0. The second-order valence-corrected chi connectivity index (χ2v) is 8.95. The quantitative estimate of drug-likeness (QED) is 0.346.